The Morgan fingerprint density at radius 2 is 1.50 bits per heavy atom. The maximum atomic E-state index is 3.64. The Morgan fingerprint density at radius 3 is 2.00 bits per heavy atom. The molecule has 0 aromatic rings. The molecule has 0 aromatic carbocycles. The number of hydrogen-bond donors (Lipinski definition) is 0. The molecular formula is C4H4N6. The van der Waals surface area contributed by atoms with E-state index in [1.165, 1.54) is 5.23 Å². The molecule has 0 N–H and O–H groups in total. The van der Waals surface area contributed by atoms with E-state index in [1.807, 2.05) is 0 Å². The highest BCUT2D eigenvalue weighted by Gasteiger charge is 2.10. The van der Waals surface area contributed by atoms with Gasteiger partial charge >= 0.3 is 0 Å². The van der Waals surface area contributed by atoms with Crippen molar-refractivity contribution < 1.29 is 0 Å². The van der Waals surface area contributed by atoms with Crippen molar-refractivity contribution >= 4 is 0 Å². The van der Waals surface area contributed by atoms with Crippen LogP contribution in [0.3, 0.4) is 0 Å². The summed E-state index contributed by atoms with van der Waals surface area (Å²) >= 11 is 0. The van der Waals surface area contributed by atoms with E-state index in [1.54, 1.807) is 29.8 Å². The van der Waals surface area contributed by atoms with Crippen molar-refractivity contribution in [3.8, 4) is 0 Å². The minimum Gasteiger partial charge on any atom is -0.225 e. The average molecular weight is 136 g/mol. The molecule has 0 unspecified atom stereocenters. The fourth-order valence-electron chi connectivity index (χ4n) is 0.627. The van der Waals surface area contributed by atoms with Crippen LogP contribution in [0.5, 0.6) is 0 Å². The van der Waals surface area contributed by atoms with E-state index in [9.17, 15) is 0 Å². The second kappa shape index (κ2) is 1.90. The topological polar surface area (TPSA) is 55.9 Å². The molecule has 0 saturated carbocycles. The highest BCUT2D eigenvalue weighted by atomic mass is 16.0. The van der Waals surface area contributed by atoms with Crippen LogP contribution in [0.4, 0.5) is 0 Å². The van der Waals surface area contributed by atoms with E-state index in [0.717, 1.165) is 0 Å². The molecule has 0 aromatic heterocycles. The molecule has 10 heavy (non-hydrogen) atoms. The zero-order chi connectivity index (χ0) is 6.81. The molecule has 2 rings (SSSR count). The van der Waals surface area contributed by atoms with E-state index in [4.69, 9.17) is 0 Å². The summed E-state index contributed by atoms with van der Waals surface area (Å²) in [6.45, 7) is 0. The van der Waals surface area contributed by atoms with Crippen molar-refractivity contribution in [3.63, 3.8) is 0 Å². The highest BCUT2D eigenvalue weighted by Crippen LogP contribution is 2.11. The first kappa shape index (κ1) is 5.10. The van der Waals surface area contributed by atoms with Gasteiger partial charge in [-0.2, -0.15) is 0 Å². The SMILES string of the molecule is C1=CN2C=CN=NN2N=N1. The molecule has 0 bridgehead atoms. The second-order valence-electron chi connectivity index (χ2n) is 1.65. The summed E-state index contributed by atoms with van der Waals surface area (Å²) in [4.78, 5) is 0. The van der Waals surface area contributed by atoms with Gasteiger partial charge in [0.1, 0.15) is 0 Å². The Balaban J connectivity index is 2.28. The molecule has 2 aliphatic rings. The van der Waals surface area contributed by atoms with E-state index in [-0.39, 0.29) is 0 Å². The molecular weight excluding hydrogens is 132 g/mol. The molecule has 6 nitrogen and oxygen atoms in total. The third-order valence-corrected chi connectivity index (χ3v) is 1.04. The predicted molar refractivity (Wildman–Crippen MR) is 31.7 cm³/mol. The van der Waals surface area contributed by atoms with Crippen LogP contribution in [-0.2, 0) is 0 Å². The van der Waals surface area contributed by atoms with Gasteiger partial charge in [-0.1, -0.05) is 0 Å². The lowest BCUT2D eigenvalue weighted by Gasteiger charge is -2.23. The van der Waals surface area contributed by atoms with E-state index < -0.39 is 0 Å². The zero-order valence-corrected chi connectivity index (χ0v) is 4.99. The lowest BCUT2D eigenvalue weighted by molar-refractivity contribution is 0.0403. The van der Waals surface area contributed by atoms with Crippen LogP contribution in [0.2, 0.25) is 0 Å². The minimum atomic E-state index is 1.28. The standard InChI is InChI=1S/C4H4N6/c1-3-9-4-2-6-8-10(9)7-5-1/h1-4H. The van der Waals surface area contributed by atoms with Gasteiger partial charge in [0, 0.05) is 0 Å². The predicted octanol–water partition coefficient (Wildman–Crippen LogP) is 1.21. The molecule has 0 aliphatic carbocycles. The summed E-state index contributed by atoms with van der Waals surface area (Å²) in [5.41, 5.74) is 0. The molecule has 2 heterocycles. The number of hydrogen-bond acceptors (Lipinski definition) is 6. The number of fused-ring (bicyclic) bond motifs is 1. The van der Waals surface area contributed by atoms with Gasteiger partial charge in [-0.25, -0.2) is 5.01 Å². The molecule has 6 heteroatoms. The summed E-state index contributed by atoms with van der Waals surface area (Å²) in [5.74, 6) is 0. The van der Waals surface area contributed by atoms with Crippen molar-refractivity contribution in [2.75, 3.05) is 0 Å². The summed E-state index contributed by atoms with van der Waals surface area (Å²) in [6.07, 6.45) is 6.59. The van der Waals surface area contributed by atoms with Crippen molar-refractivity contribution in [2.24, 2.45) is 20.7 Å². The summed E-state index contributed by atoms with van der Waals surface area (Å²) in [5, 5.41) is 17.4. The lowest BCUT2D eigenvalue weighted by Crippen LogP contribution is -2.27. The fraction of sp³-hybridized carbons (Fsp3) is 0. The molecule has 2 aliphatic heterocycles. The van der Waals surface area contributed by atoms with E-state index in [2.05, 4.69) is 20.7 Å². The highest BCUT2D eigenvalue weighted by molar-refractivity contribution is 4.90. The minimum absolute atomic E-state index is 1.28. The average Bonchev–Trinajstić information content (AvgIpc) is 2.05. The van der Waals surface area contributed by atoms with Crippen molar-refractivity contribution in [2.45, 2.75) is 0 Å². The zero-order valence-electron chi connectivity index (χ0n) is 4.99. The quantitative estimate of drug-likeness (QED) is 0.502. The Labute approximate surface area is 56.8 Å². The molecule has 0 atom stereocenters. The maximum Gasteiger partial charge on any atom is 0.0698 e. The Hall–Kier alpha value is -1.72. The van der Waals surface area contributed by atoms with Gasteiger partial charge in [-0.15, -0.1) is 10.2 Å². The molecule has 50 valence electrons. The van der Waals surface area contributed by atoms with Crippen LogP contribution in [0.1, 0.15) is 0 Å². The third-order valence-electron chi connectivity index (χ3n) is 1.04. The Morgan fingerprint density at radius 1 is 0.900 bits per heavy atom. The van der Waals surface area contributed by atoms with Gasteiger partial charge < -0.3 is 0 Å². The van der Waals surface area contributed by atoms with Crippen molar-refractivity contribution in [3.05, 3.63) is 24.8 Å². The molecule has 0 spiro atoms. The summed E-state index contributed by atoms with van der Waals surface area (Å²) < 4.78 is 0. The van der Waals surface area contributed by atoms with Crippen LogP contribution >= 0.6 is 0 Å². The Bertz CT molecular complexity index is 188. The van der Waals surface area contributed by atoms with Gasteiger partial charge in [0.2, 0.25) is 0 Å². The first-order valence-corrected chi connectivity index (χ1v) is 2.70. The molecule has 0 amide bonds. The molecule has 0 saturated heterocycles. The largest absolute Gasteiger partial charge is 0.225 e. The second-order valence-corrected chi connectivity index (χ2v) is 1.65. The van der Waals surface area contributed by atoms with Gasteiger partial charge in [-0.3, -0.25) is 0 Å². The Kier molecular flexibility index (Phi) is 0.970. The van der Waals surface area contributed by atoms with Crippen LogP contribution in [-0.4, -0.2) is 10.2 Å². The first-order chi connectivity index (χ1) is 4.97. The van der Waals surface area contributed by atoms with Crippen molar-refractivity contribution in [1.82, 2.24) is 10.2 Å². The first-order valence-electron chi connectivity index (χ1n) is 2.70. The number of hydrazine groups is 1. The van der Waals surface area contributed by atoms with E-state index in [0.29, 0.717) is 0 Å². The van der Waals surface area contributed by atoms with Gasteiger partial charge in [0.25, 0.3) is 0 Å². The number of rotatable bonds is 0. The summed E-state index contributed by atoms with van der Waals surface area (Å²) in [7, 11) is 0. The van der Waals surface area contributed by atoms with Gasteiger partial charge in [0.15, 0.2) is 0 Å². The molecule has 0 radical (unpaired) electrons. The third kappa shape index (κ3) is 0.661. The van der Waals surface area contributed by atoms with Gasteiger partial charge in [-0.05, 0) is 15.7 Å². The van der Waals surface area contributed by atoms with Crippen LogP contribution in [0, 0.1) is 0 Å². The van der Waals surface area contributed by atoms with Crippen molar-refractivity contribution in [1.29, 1.82) is 0 Å². The van der Waals surface area contributed by atoms with Crippen LogP contribution < -0.4 is 0 Å². The van der Waals surface area contributed by atoms with Crippen LogP contribution in [0.15, 0.2) is 45.5 Å². The lowest BCUT2D eigenvalue weighted by atomic mass is 10.8. The number of nitrogens with zero attached hydrogens (tertiary/aromatic N) is 6. The van der Waals surface area contributed by atoms with E-state index >= 15 is 0 Å². The normalized spacial score (nSPS) is 20.0. The van der Waals surface area contributed by atoms with Gasteiger partial charge in [0.05, 0.1) is 24.8 Å². The summed E-state index contributed by atoms with van der Waals surface area (Å²) in [6, 6.07) is 0. The smallest absolute Gasteiger partial charge is 0.0698 e. The van der Waals surface area contributed by atoms with Crippen LogP contribution in [0.25, 0.3) is 0 Å². The maximum absolute atomic E-state index is 3.64. The monoisotopic (exact) mass is 136 g/mol. The molecule has 0 fully saturated rings. The fourth-order valence-corrected chi connectivity index (χ4v) is 0.627.